The number of carbonyl (C=O) groups is 1. The Kier molecular flexibility index (Phi) is 10.7. The highest BCUT2D eigenvalue weighted by atomic mass is 127. The van der Waals surface area contributed by atoms with Crippen LogP contribution in [0.1, 0.15) is 43.5 Å². The summed E-state index contributed by atoms with van der Waals surface area (Å²) in [4.78, 5) is 33.7. The van der Waals surface area contributed by atoms with Crippen molar-refractivity contribution < 1.29 is 19.0 Å². The first kappa shape index (κ1) is 33.6. The number of thiazole rings is 1. The van der Waals surface area contributed by atoms with E-state index in [2.05, 4.69) is 22.6 Å². The van der Waals surface area contributed by atoms with Crippen LogP contribution in [0.5, 0.6) is 11.5 Å². The average molecular weight is 796 g/mol. The fraction of sp³-hybridized carbons (Fsp3) is 0.242. The predicted octanol–water partition coefficient (Wildman–Crippen LogP) is 7.41. The summed E-state index contributed by atoms with van der Waals surface area (Å²) >= 11 is 17.4. The van der Waals surface area contributed by atoms with Crippen molar-refractivity contribution >= 4 is 80.9 Å². The summed E-state index contributed by atoms with van der Waals surface area (Å²) in [7, 11) is 1.56. The molecule has 0 radical (unpaired) electrons. The molecule has 7 nitrogen and oxygen atoms in total. The Labute approximate surface area is 292 Å². The number of aromatic nitrogens is 1. The largest absolute Gasteiger partial charge is 0.493 e. The molecule has 234 valence electrons. The van der Waals surface area contributed by atoms with E-state index in [0.717, 1.165) is 25.2 Å². The lowest BCUT2D eigenvalue weighted by molar-refractivity contribution is -0.143. The first-order valence-electron chi connectivity index (χ1n) is 13.8. The van der Waals surface area contributed by atoms with Crippen LogP contribution in [-0.2, 0) is 16.1 Å². The second kappa shape index (κ2) is 14.3. The van der Waals surface area contributed by atoms with E-state index in [1.54, 1.807) is 62.4 Å². The van der Waals surface area contributed by atoms with Crippen molar-refractivity contribution in [2.75, 3.05) is 13.4 Å². The van der Waals surface area contributed by atoms with Gasteiger partial charge >= 0.3 is 5.97 Å². The minimum absolute atomic E-state index is 0.221. The number of nitrogens with zero attached hydrogens (tertiary/aromatic N) is 2. The van der Waals surface area contributed by atoms with Gasteiger partial charge in [-0.25, -0.2) is 9.79 Å². The fourth-order valence-electron chi connectivity index (χ4n) is 4.87. The number of halogens is 3. The lowest BCUT2D eigenvalue weighted by atomic mass is 9.96. The number of benzene rings is 3. The summed E-state index contributed by atoms with van der Waals surface area (Å²) in [6, 6.07) is 16.1. The number of hydrogen-bond acceptors (Lipinski definition) is 8. The third-order valence-corrected chi connectivity index (χ3v) is 10.1. The topological polar surface area (TPSA) is 79.1 Å². The summed E-state index contributed by atoms with van der Waals surface area (Å²) < 4.78 is 20.2. The Hall–Kier alpha value is -2.77. The number of carbonyl (C=O) groups excluding carboxylic acids is 1. The van der Waals surface area contributed by atoms with E-state index < -0.39 is 12.0 Å². The van der Waals surface area contributed by atoms with Gasteiger partial charge in [0.2, 0.25) is 0 Å². The van der Waals surface area contributed by atoms with Gasteiger partial charge in [0, 0.05) is 20.5 Å². The number of hydrogen-bond donors (Lipinski definition) is 0. The first-order valence-corrected chi connectivity index (χ1v) is 17.7. The monoisotopic (exact) mass is 794 g/mol. The smallest absolute Gasteiger partial charge is 0.338 e. The highest BCUT2D eigenvalue weighted by molar-refractivity contribution is 14.1. The Balaban J connectivity index is 1.57. The molecule has 1 aromatic heterocycles. The maximum atomic E-state index is 14.1. The van der Waals surface area contributed by atoms with Gasteiger partial charge in [-0.3, -0.25) is 9.36 Å². The average Bonchev–Trinajstić information content (AvgIpc) is 3.29. The summed E-state index contributed by atoms with van der Waals surface area (Å²) in [5, 5.41) is 1.06. The molecular formula is C33H29Cl2IN2O5S2. The third-order valence-electron chi connectivity index (χ3n) is 6.95. The highest BCUT2D eigenvalue weighted by Crippen LogP contribution is 2.36. The maximum absolute atomic E-state index is 14.1. The normalized spacial score (nSPS) is 14.8. The molecule has 2 heterocycles. The summed E-state index contributed by atoms with van der Waals surface area (Å²) in [5.41, 5.74) is 2.93. The summed E-state index contributed by atoms with van der Waals surface area (Å²) in [6.07, 6.45) is 3.47. The molecule has 0 amide bonds. The van der Waals surface area contributed by atoms with Gasteiger partial charge in [-0.2, -0.15) is 0 Å². The van der Waals surface area contributed by atoms with E-state index in [9.17, 15) is 9.59 Å². The van der Waals surface area contributed by atoms with Crippen molar-refractivity contribution in [2.45, 2.75) is 44.4 Å². The second-order valence-electron chi connectivity index (χ2n) is 10.4. The molecular weight excluding hydrogens is 766 g/mol. The number of allylic oxidation sites excluding steroid dienone is 1. The molecule has 0 unspecified atom stereocenters. The Bertz CT molecular complexity index is 1990. The van der Waals surface area contributed by atoms with Crippen LogP contribution in [0, 0.1) is 3.57 Å². The molecule has 1 aliphatic heterocycles. The van der Waals surface area contributed by atoms with Gasteiger partial charge in [-0.05, 0) is 103 Å². The molecule has 45 heavy (non-hydrogen) atoms. The van der Waals surface area contributed by atoms with Crippen LogP contribution in [0.2, 0.25) is 10.0 Å². The number of ether oxygens (including phenoxy) is 3. The fourth-order valence-corrected chi connectivity index (χ4v) is 7.56. The zero-order chi connectivity index (χ0) is 32.4. The molecule has 1 aliphatic rings. The molecule has 1 atom stereocenters. The standard InChI is InChI=1S/C33H29Cl2IN2O5S2/c1-17(2)43-32(40)28-18(3)37-33-38(29(28)20-7-10-23(44-5)11-8-20)31(39)27(45-33)14-19-12-25(36)30(26(13-19)41-4)42-16-21-6-9-22(34)15-24(21)35/h6-15,17,29H,16H2,1-5H3/b27-14-/t29-/m0/s1. The molecule has 0 N–H and O–H groups in total. The van der Waals surface area contributed by atoms with Crippen LogP contribution >= 0.6 is 68.9 Å². The summed E-state index contributed by atoms with van der Waals surface area (Å²) in [6.45, 7) is 5.59. The van der Waals surface area contributed by atoms with Crippen LogP contribution in [0.15, 0.2) is 80.5 Å². The number of fused-ring (bicyclic) bond motifs is 1. The van der Waals surface area contributed by atoms with Crippen LogP contribution < -0.4 is 24.4 Å². The van der Waals surface area contributed by atoms with E-state index >= 15 is 0 Å². The number of esters is 1. The van der Waals surface area contributed by atoms with Crippen molar-refractivity contribution in [1.29, 1.82) is 0 Å². The van der Waals surface area contributed by atoms with Crippen LogP contribution in [-0.4, -0.2) is 30.0 Å². The van der Waals surface area contributed by atoms with E-state index in [4.69, 9.17) is 42.4 Å². The van der Waals surface area contributed by atoms with E-state index in [-0.39, 0.29) is 18.3 Å². The molecule has 0 saturated carbocycles. The summed E-state index contributed by atoms with van der Waals surface area (Å²) in [5.74, 6) is 0.571. The quantitative estimate of drug-likeness (QED) is 0.0999. The van der Waals surface area contributed by atoms with Crippen molar-refractivity contribution in [1.82, 2.24) is 4.57 Å². The lowest BCUT2D eigenvalue weighted by Gasteiger charge is -2.25. The molecule has 0 spiro atoms. The number of rotatable bonds is 9. The molecule has 12 heteroatoms. The number of methoxy groups -OCH3 is 1. The van der Waals surface area contributed by atoms with E-state index in [1.807, 2.05) is 48.7 Å². The van der Waals surface area contributed by atoms with Crippen LogP contribution in [0.4, 0.5) is 0 Å². The zero-order valence-corrected chi connectivity index (χ0v) is 30.3. The van der Waals surface area contributed by atoms with Crippen molar-refractivity contribution in [3.8, 4) is 11.5 Å². The minimum Gasteiger partial charge on any atom is -0.493 e. The van der Waals surface area contributed by atoms with Gasteiger partial charge < -0.3 is 14.2 Å². The molecule has 4 aromatic rings. The van der Waals surface area contributed by atoms with Crippen molar-refractivity contribution in [2.24, 2.45) is 4.99 Å². The second-order valence-corrected chi connectivity index (χ2v) is 14.3. The van der Waals surface area contributed by atoms with E-state index in [1.165, 1.54) is 11.3 Å². The minimum atomic E-state index is -0.685. The lowest BCUT2D eigenvalue weighted by Crippen LogP contribution is -2.40. The van der Waals surface area contributed by atoms with Crippen molar-refractivity contribution in [3.05, 3.63) is 116 Å². The Morgan fingerprint density at radius 3 is 2.53 bits per heavy atom. The third kappa shape index (κ3) is 7.30. The van der Waals surface area contributed by atoms with Gasteiger partial charge in [0.05, 0.1) is 38.6 Å². The van der Waals surface area contributed by atoms with E-state index in [0.29, 0.717) is 42.1 Å². The van der Waals surface area contributed by atoms with Gasteiger partial charge in [0.25, 0.3) is 5.56 Å². The zero-order valence-electron chi connectivity index (χ0n) is 25.0. The SMILES string of the molecule is COc1cc(/C=c2\sc3n(c2=O)[C@@H](c2ccc(SC)cc2)C(C(=O)OC(C)C)=C(C)N=3)cc(I)c1OCc1ccc(Cl)cc1Cl. The predicted molar refractivity (Wildman–Crippen MR) is 190 cm³/mol. The molecule has 0 saturated heterocycles. The molecule has 0 bridgehead atoms. The maximum Gasteiger partial charge on any atom is 0.338 e. The van der Waals surface area contributed by atoms with Gasteiger partial charge in [0.1, 0.15) is 6.61 Å². The molecule has 5 rings (SSSR count). The highest BCUT2D eigenvalue weighted by Gasteiger charge is 2.33. The van der Waals surface area contributed by atoms with Gasteiger partial charge in [-0.15, -0.1) is 11.8 Å². The molecule has 0 aliphatic carbocycles. The van der Waals surface area contributed by atoms with Crippen LogP contribution in [0.25, 0.3) is 6.08 Å². The van der Waals surface area contributed by atoms with Crippen molar-refractivity contribution in [3.63, 3.8) is 0 Å². The first-order chi connectivity index (χ1) is 21.5. The Morgan fingerprint density at radius 2 is 1.89 bits per heavy atom. The molecule has 3 aromatic carbocycles. The van der Waals surface area contributed by atoms with Gasteiger partial charge in [-0.1, -0.05) is 52.7 Å². The number of thioether (sulfide) groups is 1. The van der Waals surface area contributed by atoms with Gasteiger partial charge in [0.15, 0.2) is 16.3 Å². The van der Waals surface area contributed by atoms with Crippen LogP contribution in [0.3, 0.4) is 0 Å². The Morgan fingerprint density at radius 1 is 1.16 bits per heavy atom. The molecule has 0 fully saturated rings.